The number of amides is 1. The monoisotopic (exact) mass is 314 g/mol. The molecule has 1 saturated heterocycles. The van der Waals surface area contributed by atoms with Gasteiger partial charge in [-0.3, -0.25) is 4.79 Å². The molecule has 2 aliphatic rings. The van der Waals surface area contributed by atoms with Crippen LogP contribution in [0.4, 0.5) is 0 Å². The quantitative estimate of drug-likeness (QED) is 0.900. The third kappa shape index (κ3) is 3.11. The van der Waals surface area contributed by atoms with E-state index in [1.807, 2.05) is 24.3 Å². The summed E-state index contributed by atoms with van der Waals surface area (Å²) >= 11 is 6.03. The summed E-state index contributed by atoms with van der Waals surface area (Å²) < 4.78 is 0. The summed E-state index contributed by atoms with van der Waals surface area (Å²) in [5.41, 5.74) is 0.740. The fourth-order valence-electron chi connectivity index (χ4n) is 2.86. The van der Waals surface area contributed by atoms with Gasteiger partial charge < -0.3 is 10.6 Å². The van der Waals surface area contributed by atoms with Gasteiger partial charge in [-0.2, -0.15) is 0 Å². The molecule has 0 bridgehead atoms. The average molecular weight is 315 g/mol. The Balaban J connectivity index is 0.00000147. The molecule has 20 heavy (non-hydrogen) atoms. The van der Waals surface area contributed by atoms with Gasteiger partial charge in [0.05, 0.1) is 5.41 Å². The first-order chi connectivity index (χ1) is 9.21. The van der Waals surface area contributed by atoms with Crippen molar-refractivity contribution in [1.29, 1.82) is 0 Å². The van der Waals surface area contributed by atoms with Crippen molar-refractivity contribution < 1.29 is 4.79 Å². The highest BCUT2D eigenvalue weighted by atomic mass is 35.5. The lowest BCUT2D eigenvalue weighted by Gasteiger charge is -2.26. The summed E-state index contributed by atoms with van der Waals surface area (Å²) in [5, 5.41) is 7.22. The number of halogens is 2. The van der Waals surface area contributed by atoms with Crippen LogP contribution in [0.15, 0.2) is 24.3 Å². The molecule has 1 amide bonds. The Labute approximate surface area is 130 Å². The molecule has 2 fully saturated rings. The van der Waals surface area contributed by atoms with Gasteiger partial charge in [0.2, 0.25) is 5.91 Å². The fourth-order valence-corrected chi connectivity index (χ4v) is 3.05. The Bertz CT molecular complexity index is 483. The van der Waals surface area contributed by atoms with Crippen molar-refractivity contribution in [3.05, 3.63) is 34.9 Å². The lowest BCUT2D eigenvalue weighted by Crippen LogP contribution is -2.48. The number of carbonyl (C=O) groups excluding carboxylic acids is 1. The van der Waals surface area contributed by atoms with Crippen molar-refractivity contribution >= 4 is 29.9 Å². The second kappa shape index (κ2) is 6.33. The number of hydrogen-bond donors (Lipinski definition) is 2. The fraction of sp³-hybridized carbons (Fsp3) is 0.533. The van der Waals surface area contributed by atoms with Crippen LogP contribution in [-0.2, 0) is 10.2 Å². The van der Waals surface area contributed by atoms with Crippen LogP contribution in [0.25, 0.3) is 0 Å². The van der Waals surface area contributed by atoms with Crippen LogP contribution in [0.2, 0.25) is 5.02 Å². The van der Waals surface area contributed by atoms with E-state index >= 15 is 0 Å². The molecule has 1 heterocycles. The normalized spacial score (nSPS) is 23.6. The van der Waals surface area contributed by atoms with E-state index in [1.165, 1.54) is 0 Å². The largest absolute Gasteiger partial charge is 0.351 e. The third-order valence-corrected chi connectivity index (χ3v) is 4.43. The highest BCUT2D eigenvalue weighted by Crippen LogP contribution is 2.48. The summed E-state index contributed by atoms with van der Waals surface area (Å²) in [7, 11) is 0. The molecule has 5 heteroatoms. The maximum atomic E-state index is 12.5. The number of piperidine rings is 1. The van der Waals surface area contributed by atoms with Crippen LogP contribution in [-0.4, -0.2) is 25.0 Å². The van der Waals surface area contributed by atoms with Gasteiger partial charge >= 0.3 is 0 Å². The lowest BCUT2D eigenvalue weighted by molar-refractivity contribution is -0.124. The molecule has 3 nitrogen and oxygen atoms in total. The van der Waals surface area contributed by atoms with Crippen molar-refractivity contribution in [2.24, 2.45) is 0 Å². The Morgan fingerprint density at radius 1 is 1.40 bits per heavy atom. The van der Waals surface area contributed by atoms with Crippen molar-refractivity contribution in [2.45, 2.75) is 37.1 Å². The summed E-state index contributed by atoms with van der Waals surface area (Å²) in [6.45, 7) is 1.95. The maximum absolute atomic E-state index is 12.5. The van der Waals surface area contributed by atoms with Gasteiger partial charge in [0.25, 0.3) is 0 Å². The molecule has 0 unspecified atom stereocenters. The highest BCUT2D eigenvalue weighted by molar-refractivity contribution is 6.30. The van der Waals surface area contributed by atoms with E-state index in [0.29, 0.717) is 5.02 Å². The van der Waals surface area contributed by atoms with E-state index in [4.69, 9.17) is 11.6 Å². The van der Waals surface area contributed by atoms with Crippen LogP contribution >= 0.6 is 24.0 Å². The summed E-state index contributed by atoms with van der Waals surface area (Å²) in [6, 6.07) is 7.99. The predicted octanol–water partition coefficient (Wildman–Crippen LogP) is 2.66. The minimum absolute atomic E-state index is 0. The van der Waals surface area contributed by atoms with Crippen molar-refractivity contribution in [3.63, 3.8) is 0 Å². The topological polar surface area (TPSA) is 41.1 Å². The summed E-state index contributed by atoms with van der Waals surface area (Å²) in [5.74, 6) is 0.170. The molecule has 0 radical (unpaired) electrons. The van der Waals surface area contributed by atoms with Gasteiger partial charge in [0.1, 0.15) is 0 Å². The molecule has 1 aliphatic heterocycles. The molecule has 0 spiro atoms. The van der Waals surface area contributed by atoms with Gasteiger partial charge in [0.15, 0.2) is 0 Å². The molecule has 1 aromatic rings. The molecule has 1 aromatic carbocycles. The van der Waals surface area contributed by atoms with Gasteiger partial charge in [0, 0.05) is 17.6 Å². The zero-order valence-corrected chi connectivity index (χ0v) is 12.9. The van der Waals surface area contributed by atoms with Crippen LogP contribution in [0.3, 0.4) is 0 Å². The molecule has 1 atom stereocenters. The Hall–Kier alpha value is -0.770. The molecule has 1 saturated carbocycles. The molecule has 2 N–H and O–H groups in total. The molecule has 3 rings (SSSR count). The molecule has 0 aromatic heterocycles. The van der Waals surface area contributed by atoms with E-state index in [9.17, 15) is 4.79 Å². The minimum atomic E-state index is -0.317. The molecular formula is C15H20Cl2N2O. The van der Waals surface area contributed by atoms with Gasteiger partial charge in [-0.1, -0.05) is 23.7 Å². The lowest BCUT2D eigenvalue weighted by atomic mass is 9.94. The van der Waals surface area contributed by atoms with Gasteiger partial charge in [-0.15, -0.1) is 12.4 Å². The zero-order valence-electron chi connectivity index (χ0n) is 11.3. The van der Waals surface area contributed by atoms with Crippen LogP contribution < -0.4 is 10.6 Å². The Kier molecular flexibility index (Phi) is 4.95. The van der Waals surface area contributed by atoms with Crippen molar-refractivity contribution in [2.75, 3.05) is 13.1 Å². The number of rotatable bonds is 3. The zero-order chi connectivity index (χ0) is 13.3. The molecule has 110 valence electrons. The SMILES string of the molecule is Cl.O=C(N[C@H]1CCCNC1)C1(c2cccc(Cl)c2)CC1. The Morgan fingerprint density at radius 3 is 2.80 bits per heavy atom. The van der Waals surface area contributed by atoms with Crippen molar-refractivity contribution in [1.82, 2.24) is 10.6 Å². The van der Waals surface area contributed by atoms with Crippen LogP contribution in [0.5, 0.6) is 0 Å². The first-order valence-electron chi connectivity index (χ1n) is 6.98. The maximum Gasteiger partial charge on any atom is 0.230 e. The number of carbonyl (C=O) groups is 1. The average Bonchev–Trinajstić information content (AvgIpc) is 3.21. The number of hydrogen-bond acceptors (Lipinski definition) is 2. The first kappa shape index (κ1) is 15.6. The van der Waals surface area contributed by atoms with E-state index in [2.05, 4.69) is 10.6 Å². The molecular weight excluding hydrogens is 295 g/mol. The minimum Gasteiger partial charge on any atom is -0.351 e. The molecule has 1 aliphatic carbocycles. The van der Waals surface area contributed by atoms with Gasteiger partial charge in [-0.05, 0) is 49.9 Å². The highest BCUT2D eigenvalue weighted by Gasteiger charge is 2.51. The number of benzene rings is 1. The third-order valence-electron chi connectivity index (χ3n) is 4.19. The van der Waals surface area contributed by atoms with Crippen LogP contribution in [0, 0.1) is 0 Å². The van der Waals surface area contributed by atoms with E-state index in [1.54, 1.807) is 0 Å². The predicted molar refractivity (Wildman–Crippen MR) is 83.6 cm³/mol. The van der Waals surface area contributed by atoms with Crippen LogP contribution in [0.1, 0.15) is 31.2 Å². The summed E-state index contributed by atoms with van der Waals surface area (Å²) in [4.78, 5) is 12.5. The van der Waals surface area contributed by atoms with Crippen molar-refractivity contribution in [3.8, 4) is 0 Å². The Morgan fingerprint density at radius 2 is 2.20 bits per heavy atom. The van der Waals surface area contributed by atoms with Gasteiger partial charge in [-0.25, -0.2) is 0 Å². The second-order valence-corrected chi connectivity index (χ2v) is 6.05. The smallest absolute Gasteiger partial charge is 0.230 e. The second-order valence-electron chi connectivity index (χ2n) is 5.61. The van der Waals surface area contributed by atoms with E-state index < -0.39 is 0 Å². The standard InChI is InChI=1S/C15H19ClN2O.ClH/c16-12-4-1-3-11(9-12)15(6-7-15)14(19)18-13-5-2-8-17-10-13;/h1,3-4,9,13,17H,2,5-8,10H2,(H,18,19);1H/t13-;/m0./s1. The van der Waals surface area contributed by atoms with E-state index in [0.717, 1.165) is 44.3 Å². The first-order valence-corrected chi connectivity index (χ1v) is 7.36. The number of nitrogens with one attached hydrogen (secondary N) is 2. The van der Waals surface area contributed by atoms with E-state index in [-0.39, 0.29) is 29.8 Å². The summed E-state index contributed by atoms with van der Waals surface area (Å²) in [6.07, 6.45) is 4.07.